The van der Waals surface area contributed by atoms with Crippen LogP contribution in [0, 0.1) is 0 Å². The topological polar surface area (TPSA) is 3.24 Å². The van der Waals surface area contributed by atoms with Crippen LogP contribution in [0.1, 0.15) is 39.7 Å². The second-order valence-corrected chi connectivity index (χ2v) is 5.45. The second-order valence-electron chi connectivity index (χ2n) is 4.97. The van der Waals surface area contributed by atoms with Crippen LogP contribution >= 0.6 is 12.2 Å². The van der Waals surface area contributed by atoms with Crippen LogP contribution in [0.3, 0.4) is 0 Å². The van der Waals surface area contributed by atoms with E-state index < -0.39 is 0 Å². The van der Waals surface area contributed by atoms with Gasteiger partial charge in [0, 0.05) is 18.5 Å². The first-order valence-electron chi connectivity index (χ1n) is 6.37. The smallest absolute Gasteiger partial charge is 0.0787 e. The van der Waals surface area contributed by atoms with Crippen molar-refractivity contribution in [2.24, 2.45) is 0 Å². The van der Waals surface area contributed by atoms with Gasteiger partial charge in [0.15, 0.2) is 0 Å². The van der Waals surface area contributed by atoms with Crippen molar-refractivity contribution < 1.29 is 0 Å². The van der Waals surface area contributed by atoms with Crippen molar-refractivity contribution in [1.82, 2.24) is 4.90 Å². The molecular formula is C15H23NS. The van der Waals surface area contributed by atoms with Gasteiger partial charge in [-0.1, -0.05) is 42.5 Å². The summed E-state index contributed by atoms with van der Waals surface area (Å²) < 4.78 is 0. The number of hydrogen-bond acceptors (Lipinski definition) is 1. The van der Waals surface area contributed by atoms with E-state index in [0.717, 1.165) is 17.8 Å². The summed E-state index contributed by atoms with van der Waals surface area (Å²) in [5.41, 5.74) is 1.36. The van der Waals surface area contributed by atoms with Crippen molar-refractivity contribution in [3.8, 4) is 0 Å². The van der Waals surface area contributed by atoms with Gasteiger partial charge in [-0.25, -0.2) is 0 Å². The van der Waals surface area contributed by atoms with Gasteiger partial charge in [-0.2, -0.15) is 0 Å². The summed E-state index contributed by atoms with van der Waals surface area (Å²) in [5.74, 6) is 0. The minimum absolute atomic E-state index is 0.485. The van der Waals surface area contributed by atoms with Crippen LogP contribution in [-0.4, -0.2) is 22.0 Å². The molecular weight excluding hydrogens is 226 g/mol. The lowest BCUT2D eigenvalue weighted by atomic mass is 10.1. The molecule has 94 valence electrons. The summed E-state index contributed by atoms with van der Waals surface area (Å²) in [6.45, 7) is 8.81. The molecule has 0 radical (unpaired) electrons. The van der Waals surface area contributed by atoms with Crippen molar-refractivity contribution >= 4 is 17.2 Å². The van der Waals surface area contributed by atoms with Crippen LogP contribution < -0.4 is 0 Å². The SMILES string of the molecule is CC(C)N(C(=S)CCc1ccccc1)C(C)C. The quantitative estimate of drug-likeness (QED) is 0.724. The molecule has 0 aliphatic carbocycles. The molecule has 0 aliphatic rings. The van der Waals surface area contributed by atoms with Crippen LogP contribution in [-0.2, 0) is 6.42 Å². The minimum Gasteiger partial charge on any atom is -0.361 e. The van der Waals surface area contributed by atoms with E-state index in [0.29, 0.717) is 12.1 Å². The molecule has 0 saturated heterocycles. The zero-order valence-corrected chi connectivity index (χ0v) is 12.1. The molecule has 0 bridgehead atoms. The Morgan fingerprint density at radius 2 is 1.59 bits per heavy atom. The fraction of sp³-hybridized carbons (Fsp3) is 0.533. The largest absolute Gasteiger partial charge is 0.361 e. The van der Waals surface area contributed by atoms with Gasteiger partial charge in [-0.3, -0.25) is 0 Å². The molecule has 0 saturated carbocycles. The Hall–Kier alpha value is -0.890. The summed E-state index contributed by atoms with van der Waals surface area (Å²) in [6, 6.07) is 11.5. The number of benzene rings is 1. The first-order valence-corrected chi connectivity index (χ1v) is 6.78. The molecule has 0 atom stereocenters. The van der Waals surface area contributed by atoms with E-state index in [1.165, 1.54) is 5.56 Å². The van der Waals surface area contributed by atoms with Gasteiger partial charge in [0.2, 0.25) is 0 Å². The van der Waals surface area contributed by atoms with Crippen molar-refractivity contribution in [2.75, 3.05) is 0 Å². The van der Waals surface area contributed by atoms with Crippen LogP contribution in [0.5, 0.6) is 0 Å². The van der Waals surface area contributed by atoms with E-state index in [1.54, 1.807) is 0 Å². The van der Waals surface area contributed by atoms with Gasteiger partial charge in [0.1, 0.15) is 0 Å². The molecule has 0 aromatic heterocycles. The first-order chi connectivity index (χ1) is 8.02. The normalized spacial score (nSPS) is 10.9. The Kier molecular flexibility index (Phi) is 5.63. The predicted molar refractivity (Wildman–Crippen MR) is 79.5 cm³/mol. The number of hydrogen-bond donors (Lipinski definition) is 0. The summed E-state index contributed by atoms with van der Waals surface area (Å²) in [7, 11) is 0. The maximum Gasteiger partial charge on any atom is 0.0787 e. The molecule has 1 rings (SSSR count). The van der Waals surface area contributed by atoms with Gasteiger partial charge in [0.05, 0.1) is 4.99 Å². The van der Waals surface area contributed by atoms with E-state index in [9.17, 15) is 0 Å². The molecule has 2 heteroatoms. The lowest BCUT2D eigenvalue weighted by Crippen LogP contribution is -2.41. The molecule has 0 unspecified atom stereocenters. The Morgan fingerprint density at radius 1 is 1.06 bits per heavy atom. The molecule has 1 aromatic rings. The summed E-state index contributed by atoms with van der Waals surface area (Å²) in [6.07, 6.45) is 2.01. The highest BCUT2D eigenvalue weighted by Crippen LogP contribution is 2.12. The average molecular weight is 249 g/mol. The molecule has 0 aliphatic heterocycles. The van der Waals surface area contributed by atoms with Gasteiger partial charge in [-0.05, 0) is 39.7 Å². The van der Waals surface area contributed by atoms with Crippen molar-refractivity contribution in [3.05, 3.63) is 35.9 Å². The lowest BCUT2D eigenvalue weighted by molar-refractivity contribution is 0.292. The third kappa shape index (κ3) is 4.47. The van der Waals surface area contributed by atoms with Crippen LogP contribution in [0.25, 0.3) is 0 Å². The minimum atomic E-state index is 0.485. The summed E-state index contributed by atoms with van der Waals surface area (Å²) >= 11 is 5.55. The Morgan fingerprint density at radius 3 is 2.06 bits per heavy atom. The van der Waals surface area contributed by atoms with Gasteiger partial charge >= 0.3 is 0 Å². The summed E-state index contributed by atoms with van der Waals surface area (Å²) in [4.78, 5) is 3.41. The van der Waals surface area contributed by atoms with Crippen LogP contribution in [0.4, 0.5) is 0 Å². The van der Waals surface area contributed by atoms with E-state index in [-0.39, 0.29) is 0 Å². The monoisotopic (exact) mass is 249 g/mol. The third-order valence-corrected chi connectivity index (χ3v) is 3.29. The molecule has 0 fully saturated rings. The molecule has 17 heavy (non-hydrogen) atoms. The van der Waals surface area contributed by atoms with E-state index in [2.05, 4.69) is 62.9 Å². The van der Waals surface area contributed by atoms with Crippen LogP contribution in [0.2, 0.25) is 0 Å². The maximum atomic E-state index is 5.55. The zero-order valence-electron chi connectivity index (χ0n) is 11.3. The fourth-order valence-corrected chi connectivity index (χ4v) is 2.72. The second kappa shape index (κ2) is 6.75. The number of nitrogens with zero attached hydrogens (tertiary/aromatic N) is 1. The molecule has 0 heterocycles. The Balaban J connectivity index is 2.54. The van der Waals surface area contributed by atoms with Gasteiger partial charge in [-0.15, -0.1) is 0 Å². The Labute approximate surface area is 111 Å². The molecule has 1 aromatic carbocycles. The fourth-order valence-electron chi connectivity index (χ4n) is 2.20. The number of rotatable bonds is 5. The van der Waals surface area contributed by atoms with E-state index >= 15 is 0 Å². The molecule has 0 spiro atoms. The molecule has 0 amide bonds. The number of aryl methyl sites for hydroxylation is 1. The standard InChI is InChI=1S/C15H23NS/c1-12(2)16(13(3)4)15(17)11-10-14-8-6-5-7-9-14/h5-9,12-13H,10-11H2,1-4H3. The molecule has 1 nitrogen and oxygen atoms in total. The van der Waals surface area contributed by atoms with E-state index in [4.69, 9.17) is 12.2 Å². The lowest BCUT2D eigenvalue weighted by Gasteiger charge is -2.33. The Bertz CT molecular complexity index is 335. The van der Waals surface area contributed by atoms with Crippen molar-refractivity contribution in [1.29, 1.82) is 0 Å². The highest BCUT2D eigenvalue weighted by Gasteiger charge is 2.16. The predicted octanol–water partition coefficient (Wildman–Crippen LogP) is 4.07. The van der Waals surface area contributed by atoms with Crippen LogP contribution in [0.15, 0.2) is 30.3 Å². The third-order valence-electron chi connectivity index (χ3n) is 2.87. The van der Waals surface area contributed by atoms with Gasteiger partial charge in [0.25, 0.3) is 0 Å². The highest BCUT2D eigenvalue weighted by molar-refractivity contribution is 7.80. The van der Waals surface area contributed by atoms with Crippen molar-refractivity contribution in [2.45, 2.75) is 52.6 Å². The summed E-state index contributed by atoms with van der Waals surface area (Å²) in [5, 5.41) is 0. The average Bonchev–Trinajstić information content (AvgIpc) is 2.27. The van der Waals surface area contributed by atoms with Crippen molar-refractivity contribution in [3.63, 3.8) is 0 Å². The first kappa shape index (κ1) is 14.2. The highest BCUT2D eigenvalue weighted by atomic mass is 32.1. The zero-order chi connectivity index (χ0) is 12.8. The number of thiocarbonyl (C=S) groups is 1. The van der Waals surface area contributed by atoms with E-state index in [1.807, 2.05) is 0 Å². The maximum absolute atomic E-state index is 5.55. The van der Waals surface area contributed by atoms with Gasteiger partial charge < -0.3 is 4.90 Å². The molecule has 0 N–H and O–H groups in total.